The molecule has 0 bridgehead atoms. The van der Waals surface area contributed by atoms with E-state index in [-0.39, 0.29) is 17.0 Å². The van der Waals surface area contributed by atoms with E-state index in [1.807, 2.05) is 20.8 Å². The second-order valence-electron chi connectivity index (χ2n) is 5.80. The Kier molecular flexibility index (Phi) is 4.02. The Labute approximate surface area is 122 Å². The zero-order valence-corrected chi connectivity index (χ0v) is 12.7. The van der Waals surface area contributed by atoms with Gasteiger partial charge in [0.1, 0.15) is 0 Å². The molecule has 2 rings (SSSR count). The first kappa shape index (κ1) is 15.1. The number of hydrogen-bond acceptors (Lipinski definition) is 7. The van der Waals surface area contributed by atoms with Crippen molar-refractivity contribution in [2.45, 2.75) is 46.1 Å². The van der Waals surface area contributed by atoms with Gasteiger partial charge in [-0.25, -0.2) is 9.78 Å². The van der Waals surface area contributed by atoms with Crippen molar-refractivity contribution in [2.24, 2.45) is 0 Å². The predicted molar refractivity (Wildman–Crippen MR) is 73.6 cm³/mol. The molecule has 2 aromatic heterocycles. The predicted octanol–water partition coefficient (Wildman–Crippen LogP) is 2.38. The number of aromatic nitrogens is 4. The van der Waals surface area contributed by atoms with Gasteiger partial charge in [-0.2, -0.15) is 4.98 Å². The summed E-state index contributed by atoms with van der Waals surface area (Å²) in [6.07, 6.45) is 2.23. The minimum atomic E-state index is -0.649. The van der Waals surface area contributed by atoms with Crippen LogP contribution in [0.15, 0.2) is 16.9 Å². The molecule has 1 atom stereocenters. The molecular weight excluding hydrogens is 272 g/mol. The molecule has 0 saturated heterocycles. The maximum absolute atomic E-state index is 11.9. The lowest BCUT2D eigenvalue weighted by molar-refractivity contribution is 0.0258. The fraction of sp³-hybridized carbons (Fsp3) is 0.500. The third-order valence-electron chi connectivity index (χ3n) is 2.73. The monoisotopic (exact) mass is 290 g/mol. The van der Waals surface area contributed by atoms with Gasteiger partial charge in [-0.15, -0.1) is 0 Å². The van der Waals surface area contributed by atoms with Gasteiger partial charge in [-0.3, -0.25) is 4.98 Å². The summed E-state index contributed by atoms with van der Waals surface area (Å²) in [5.74, 6) is 0.245. The van der Waals surface area contributed by atoms with Crippen LogP contribution in [0.2, 0.25) is 0 Å². The summed E-state index contributed by atoms with van der Waals surface area (Å²) in [7, 11) is 0. The van der Waals surface area contributed by atoms with Crippen molar-refractivity contribution in [1.29, 1.82) is 0 Å². The van der Waals surface area contributed by atoms with E-state index >= 15 is 0 Å². The van der Waals surface area contributed by atoms with Gasteiger partial charge in [0.25, 0.3) is 5.89 Å². The van der Waals surface area contributed by atoms with Crippen LogP contribution in [0, 0.1) is 6.92 Å². The molecule has 0 saturated carbocycles. The summed E-state index contributed by atoms with van der Waals surface area (Å²) in [5.41, 5.74) is 0.641. The van der Waals surface area contributed by atoms with E-state index in [4.69, 9.17) is 9.26 Å². The van der Waals surface area contributed by atoms with E-state index < -0.39 is 12.1 Å². The van der Waals surface area contributed by atoms with Crippen molar-refractivity contribution in [3.63, 3.8) is 0 Å². The molecule has 112 valence electrons. The number of nitrogens with zero attached hydrogens (tertiary/aromatic N) is 4. The normalized spacial score (nSPS) is 13.0. The van der Waals surface area contributed by atoms with Crippen molar-refractivity contribution in [3.05, 3.63) is 35.5 Å². The molecule has 0 fully saturated rings. The van der Waals surface area contributed by atoms with E-state index in [1.165, 1.54) is 12.4 Å². The van der Waals surface area contributed by atoms with Gasteiger partial charge in [0.05, 0.1) is 11.9 Å². The first-order valence-electron chi connectivity index (χ1n) is 6.61. The third kappa shape index (κ3) is 3.62. The standard InChI is InChI=1S/C14H18N4O3/c1-8-6-16-10(7-15-8)12(19)20-9(2)11-17-13(18-21-11)14(3,4)5/h6-7,9H,1-5H3/t9-/m0/s1. The Morgan fingerprint density at radius 3 is 2.52 bits per heavy atom. The molecule has 0 aliphatic carbocycles. The van der Waals surface area contributed by atoms with Crippen LogP contribution in [-0.2, 0) is 10.2 Å². The Morgan fingerprint density at radius 1 is 1.29 bits per heavy atom. The van der Waals surface area contributed by atoms with Gasteiger partial charge in [0.15, 0.2) is 17.6 Å². The average molecular weight is 290 g/mol. The molecule has 21 heavy (non-hydrogen) atoms. The zero-order valence-electron chi connectivity index (χ0n) is 12.7. The largest absolute Gasteiger partial charge is 0.448 e. The quantitative estimate of drug-likeness (QED) is 0.801. The molecule has 0 aromatic carbocycles. The number of hydrogen-bond donors (Lipinski definition) is 0. The Balaban J connectivity index is 2.07. The topological polar surface area (TPSA) is 91.0 Å². The minimum absolute atomic E-state index is 0.142. The third-order valence-corrected chi connectivity index (χ3v) is 2.73. The molecule has 7 heteroatoms. The van der Waals surface area contributed by atoms with Gasteiger partial charge in [0, 0.05) is 11.6 Å². The molecule has 2 aromatic rings. The smallest absolute Gasteiger partial charge is 0.359 e. The fourth-order valence-corrected chi connectivity index (χ4v) is 1.47. The number of aryl methyl sites for hydroxylation is 1. The van der Waals surface area contributed by atoms with Crippen LogP contribution in [0.5, 0.6) is 0 Å². The lowest BCUT2D eigenvalue weighted by Crippen LogP contribution is -2.14. The molecule has 2 heterocycles. The first-order chi connectivity index (χ1) is 9.77. The van der Waals surface area contributed by atoms with E-state index in [1.54, 1.807) is 13.8 Å². The summed E-state index contributed by atoms with van der Waals surface area (Å²) >= 11 is 0. The van der Waals surface area contributed by atoms with E-state index in [9.17, 15) is 4.79 Å². The van der Waals surface area contributed by atoms with Gasteiger partial charge in [-0.1, -0.05) is 25.9 Å². The SMILES string of the molecule is Cc1cnc(C(=O)O[C@@H](C)c2nc(C(C)(C)C)no2)cn1. The molecule has 7 nitrogen and oxygen atoms in total. The number of carbonyl (C=O) groups excluding carboxylic acids is 1. The first-order valence-corrected chi connectivity index (χ1v) is 6.61. The van der Waals surface area contributed by atoms with Gasteiger partial charge in [0.2, 0.25) is 0 Å². The van der Waals surface area contributed by atoms with Crippen LogP contribution < -0.4 is 0 Å². The highest BCUT2D eigenvalue weighted by Crippen LogP contribution is 2.22. The van der Waals surface area contributed by atoms with E-state index in [0.29, 0.717) is 5.82 Å². The van der Waals surface area contributed by atoms with Gasteiger partial charge >= 0.3 is 5.97 Å². The summed E-state index contributed by atoms with van der Waals surface area (Å²) in [4.78, 5) is 24.1. The highest BCUT2D eigenvalue weighted by atomic mass is 16.6. The average Bonchev–Trinajstić information content (AvgIpc) is 2.88. The van der Waals surface area contributed by atoms with Crippen LogP contribution >= 0.6 is 0 Å². The molecule has 0 aliphatic heterocycles. The molecule has 0 N–H and O–H groups in total. The molecular formula is C14H18N4O3. The lowest BCUT2D eigenvalue weighted by Gasteiger charge is -2.11. The highest BCUT2D eigenvalue weighted by Gasteiger charge is 2.25. The van der Waals surface area contributed by atoms with Crippen molar-refractivity contribution in [3.8, 4) is 0 Å². The zero-order chi connectivity index (χ0) is 15.6. The van der Waals surface area contributed by atoms with Crippen LogP contribution in [-0.4, -0.2) is 26.1 Å². The van der Waals surface area contributed by atoms with Crippen LogP contribution in [0.4, 0.5) is 0 Å². The summed E-state index contributed by atoms with van der Waals surface area (Å²) in [5, 5.41) is 3.89. The Morgan fingerprint density at radius 2 is 2.00 bits per heavy atom. The highest BCUT2D eigenvalue weighted by molar-refractivity contribution is 5.86. The Hall–Kier alpha value is -2.31. The van der Waals surface area contributed by atoms with Crippen LogP contribution in [0.1, 0.15) is 61.7 Å². The summed E-state index contributed by atoms with van der Waals surface area (Å²) < 4.78 is 10.4. The van der Waals surface area contributed by atoms with Gasteiger partial charge in [-0.05, 0) is 13.8 Å². The van der Waals surface area contributed by atoms with E-state index in [2.05, 4.69) is 20.1 Å². The van der Waals surface area contributed by atoms with Crippen molar-refractivity contribution < 1.29 is 14.1 Å². The lowest BCUT2D eigenvalue weighted by atomic mass is 9.96. The van der Waals surface area contributed by atoms with Crippen molar-refractivity contribution in [2.75, 3.05) is 0 Å². The molecule has 0 spiro atoms. The number of rotatable bonds is 3. The van der Waals surface area contributed by atoms with Crippen molar-refractivity contribution in [1.82, 2.24) is 20.1 Å². The second-order valence-corrected chi connectivity index (χ2v) is 5.80. The number of ether oxygens (including phenoxy) is 1. The maximum atomic E-state index is 11.9. The van der Waals surface area contributed by atoms with Crippen LogP contribution in [0.3, 0.4) is 0 Å². The molecule has 0 radical (unpaired) electrons. The van der Waals surface area contributed by atoms with Gasteiger partial charge < -0.3 is 9.26 Å². The molecule has 0 aliphatic rings. The summed E-state index contributed by atoms with van der Waals surface area (Å²) in [6, 6.07) is 0. The van der Waals surface area contributed by atoms with Crippen LogP contribution in [0.25, 0.3) is 0 Å². The Bertz CT molecular complexity index is 628. The second kappa shape index (κ2) is 5.59. The number of carbonyl (C=O) groups is 1. The summed E-state index contributed by atoms with van der Waals surface area (Å²) in [6.45, 7) is 9.37. The fourth-order valence-electron chi connectivity index (χ4n) is 1.47. The molecule has 0 unspecified atom stereocenters. The molecule has 0 amide bonds. The maximum Gasteiger partial charge on any atom is 0.359 e. The minimum Gasteiger partial charge on any atom is -0.448 e. The van der Waals surface area contributed by atoms with E-state index in [0.717, 1.165) is 5.69 Å². The van der Waals surface area contributed by atoms with Crippen molar-refractivity contribution >= 4 is 5.97 Å². The number of esters is 1.